The van der Waals surface area contributed by atoms with Crippen LogP contribution < -0.4 is 10.0 Å². The molecule has 1 amide bonds. The molecule has 2 aromatic rings. The highest BCUT2D eigenvalue weighted by Gasteiger charge is 2.18. The predicted molar refractivity (Wildman–Crippen MR) is 105 cm³/mol. The van der Waals surface area contributed by atoms with E-state index in [0.29, 0.717) is 31.5 Å². The van der Waals surface area contributed by atoms with Gasteiger partial charge in [0.05, 0.1) is 4.90 Å². The fourth-order valence-corrected chi connectivity index (χ4v) is 4.41. The molecule has 0 unspecified atom stereocenters. The van der Waals surface area contributed by atoms with E-state index >= 15 is 0 Å². The summed E-state index contributed by atoms with van der Waals surface area (Å²) in [7, 11) is -3.57. The first kappa shape index (κ1) is 18.9. The Labute approximate surface area is 158 Å². The largest absolute Gasteiger partial charge is 0.326 e. The van der Waals surface area contributed by atoms with E-state index in [-0.39, 0.29) is 10.8 Å². The number of sulfonamides is 1. The van der Waals surface area contributed by atoms with Crippen LogP contribution in [0.5, 0.6) is 0 Å². The minimum absolute atomic E-state index is 0.0232. The standard InChI is InChI=1S/C19H22N2O3S2/c1-25-16-7-5-14(6-8-16)11-12-20-26(23,24)17-9-10-18-15(13-17)3-2-4-19(22)21-18/h5-10,13,20H,2-4,11-12H2,1H3,(H,21,22). The molecule has 0 bridgehead atoms. The van der Waals surface area contributed by atoms with E-state index in [4.69, 9.17) is 0 Å². The molecule has 0 aliphatic carbocycles. The zero-order valence-electron chi connectivity index (χ0n) is 14.6. The molecule has 0 saturated carbocycles. The average molecular weight is 391 g/mol. The van der Waals surface area contributed by atoms with Gasteiger partial charge in [0.25, 0.3) is 0 Å². The van der Waals surface area contributed by atoms with Gasteiger partial charge in [-0.3, -0.25) is 4.79 Å². The molecule has 138 valence electrons. The maximum Gasteiger partial charge on any atom is 0.240 e. The van der Waals surface area contributed by atoms with E-state index in [1.165, 1.54) is 4.90 Å². The first-order chi connectivity index (χ1) is 12.5. The van der Waals surface area contributed by atoms with Crippen LogP contribution in [0.1, 0.15) is 24.0 Å². The van der Waals surface area contributed by atoms with Gasteiger partial charge in [-0.25, -0.2) is 13.1 Å². The number of amides is 1. The number of hydrogen-bond donors (Lipinski definition) is 2. The first-order valence-corrected chi connectivity index (χ1v) is 11.2. The van der Waals surface area contributed by atoms with Crippen LogP contribution in [0.25, 0.3) is 0 Å². The number of carbonyl (C=O) groups is 1. The number of rotatable bonds is 6. The smallest absolute Gasteiger partial charge is 0.240 e. The van der Waals surface area contributed by atoms with E-state index in [1.807, 2.05) is 30.5 Å². The third-order valence-corrected chi connectivity index (χ3v) is 6.58. The maximum absolute atomic E-state index is 12.6. The number of benzene rings is 2. The molecule has 0 atom stereocenters. The van der Waals surface area contributed by atoms with E-state index in [2.05, 4.69) is 10.0 Å². The van der Waals surface area contributed by atoms with Crippen LogP contribution in [0.4, 0.5) is 5.69 Å². The Hall–Kier alpha value is -1.83. The second-order valence-electron chi connectivity index (χ2n) is 6.22. The molecule has 1 heterocycles. The molecule has 0 spiro atoms. The van der Waals surface area contributed by atoms with Crippen molar-refractivity contribution in [1.29, 1.82) is 0 Å². The van der Waals surface area contributed by atoms with Crippen molar-refractivity contribution in [2.24, 2.45) is 0 Å². The topological polar surface area (TPSA) is 75.3 Å². The number of anilines is 1. The molecule has 7 heteroatoms. The summed E-state index contributed by atoms with van der Waals surface area (Å²) in [6, 6.07) is 13.0. The third-order valence-electron chi connectivity index (χ3n) is 4.38. The van der Waals surface area contributed by atoms with Crippen molar-refractivity contribution in [2.45, 2.75) is 35.5 Å². The van der Waals surface area contributed by atoms with Crippen molar-refractivity contribution in [3.63, 3.8) is 0 Å². The lowest BCUT2D eigenvalue weighted by molar-refractivity contribution is -0.116. The number of fused-ring (bicyclic) bond motifs is 1. The SMILES string of the molecule is CSc1ccc(CCNS(=O)(=O)c2ccc3c(c2)CCCC(=O)N3)cc1. The van der Waals surface area contributed by atoms with Gasteiger partial charge in [-0.1, -0.05) is 12.1 Å². The maximum atomic E-state index is 12.6. The van der Waals surface area contributed by atoms with Crippen molar-refractivity contribution in [3.8, 4) is 0 Å². The molecule has 2 N–H and O–H groups in total. The summed E-state index contributed by atoms with van der Waals surface area (Å²) in [5, 5.41) is 2.82. The van der Waals surface area contributed by atoms with Crippen LogP contribution in [-0.4, -0.2) is 27.1 Å². The van der Waals surface area contributed by atoms with Crippen LogP contribution in [0.15, 0.2) is 52.3 Å². The van der Waals surface area contributed by atoms with Gasteiger partial charge in [0.2, 0.25) is 15.9 Å². The molecule has 0 saturated heterocycles. The molecule has 1 aliphatic rings. The Balaban J connectivity index is 1.66. The van der Waals surface area contributed by atoms with Gasteiger partial charge in [0.1, 0.15) is 0 Å². The molecule has 2 aromatic carbocycles. The Bertz CT molecular complexity index is 894. The Morgan fingerprint density at radius 3 is 2.62 bits per heavy atom. The van der Waals surface area contributed by atoms with Gasteiger partial charge in [-0.2, -0.15) is 0 Å². The number of thioether (sulfide) groups is 1. The van der Waals surface area contributed by atoms with Crippen molar-refractivity contribution >= 4 is 33.4 Å². The molecular formula is C19H22N2O3S2. The third kappa shape index (κ3) is 4.66. The summed E-state index contributed by atoms with van der Waals surface area (Å²) < 4.78 is 27.8. The van der Waals surface area contributed by atoms with Crippen LogP contribution in [0.3, 0.4) is 0 Å². The molecule has 5 nitrogen and oxygen atoms in total. The van der Waals surface area contributed by atoms with Gasteiger partial charge < -0.3 is 5.32 Å². The van der Waals surface area contributed by atoms with Crippen molar-refractivity contribution in [1.82, 2.24) is 4.72 Å². The fourth-order valence-electron chi connectivity index (χ4n) is 2.92. The van der Waals surface area contributed by atoms with E-state index in [1.54, 1.807) is 30.0 Å². The second-order valence-corrected chi connectivity index (χ2v) is 8.86. The van der Waals surface area contributed by atoms with Crippen LogP contribution in [0, 0.1) is 0 Å². The fraction of sp³-hybridized carbons (Fsp3) is 0.316. The summed E-state index contributed by atoms with van der Waals surface area (Å²) in [5.74, 6) is -0.0232. The molecule has 0 radical (unpaired) electrons. The highest BCUT2D eigenvalue weighted by molar-refractivity contribution is 7.98. The quantitative estimate of drug-likeness (QED) is 0.743. The van der Waals surface area contributed by atoms with Crippen LogP contribution in [-0.2, 0) is 27.7 Å². The summed E-state index contributed by atoms with van der Waals surface area (Å²) in [6.07, 6.45) is 4.54. The summed E-state index contributed by atoms with van der Waals surface area (Å²) >= 11 is 1.68. The van der Waals surface area contributed by atoms with Gasteiger partial charge in [0.15, 0.2) is 0 Å². The Kier molecular flexibility index (Phi) is 6.01. The highest BCUT2D eigenvalue weighted by atomic mass is 32.2. The number of nitrogens with one attached hydrogen (secondary N) is 2. The van der Waals surface area contributed by atoms with Crippen molar-refractivity contribution < 1.29 is 13.2 Å². The number of carbonyl (C=O) groups excluding carboxylic acids is 1. The summed E-state index contributed by atoms with van der Waals surface area (Å²) in [4.78, 5) is 13.0. The predicted octanol–water partition coefficient (Wildman–Crippen LogP) is 3.20. The van der Waals surface area contributed by atoms with Gasteiger partial charge in [-0.15, -0.1) is 11.8 Å². The highest BCUT2D eigenvalue weighted by Crippen LogP contribution is 2.25. The number of aryl methyl sites for hydroxylation is 1. The zero-order valence-corrected chi connectivity index (χ0v) is 16.3. The second kappa shape index (κ2) is 8.24. The molecular weight excluding hydrogens is 368 g/mol. The molecule has 0 fully saturated rings. The van der Waals surface area contributed by atoms with Gasteiger partial charge in [0, 0.05) is 23.5 Å². The van der Waals surface area contributed by atoms with Gasteiger partial charge >= 0.3 is 0 Å². The number of hydrogen-bond acceptors (Lipinski definition) is 4. The van der Waals surface area contributed by atoms with E-state index in [9.17, 15) is 13.2 Å². The average Bonchev–Trinajstić information content (AvgIpc) is 2.82. The minimum atomic E-state index is -3.57. The van der Waals surface area contributed by atoms with Crippen LogP contribution in [0.2, 0.25) is 0 Å². The first-order valence-electron chi connectivity index (χ1n) is 8.53. The lowest BCUT2D eigenvalue weighted by Crippen LogP contribution is -2.26. The normalized spacial score (nSPS) is 14.4. The minimum Gasteiger partial charge on any atom is -0.326 e. The van der Waals surface area contributed by atoms with Gasteiger partial charge in [-0.05, 0) is 67.0 Å². The molecule has 26 heavy (non-hydrogen) atoms. The zero-order chi connectivity index (χ0) is 18.6. The van der Waals surface area contributed by atoms with Crippen molar-refractivity contribution in [3.05, 3.63) is 53.6 Å². The van der Waals surface area contributed by atoms with Crippen LogP contribution >= 0.6 is 11.8 Å². The lowest BCUT2D eigenvalue weighted by atomic mass is 10.1. The molecule has 1 aliphatic heterocycles. The lowest BCUT2D eigenvalue weighted by Gasteiger charge is -2.11. The van der Waals surface area contributed by atoms with E-state index in [0.717, 1.165) is 17.5 Å². The molecule has 0 aromatic heterocycles. The van der Waals surface area contributed by atoms with E-state index < -0.39 is 10.0 Å². The Morgan fingerprint density at radius 2 is 1.88 bits per heavy atom. The Morgan fingerprint density at radius 1 is 1.12 bits per heavy atom. The van der Waals surface area contributed by atoms with Crippen molar-refractivity contribution in [2.75, 3.05) is 18.1 Å². The molecule has 3 rings (SSSR count). The summed E-state index contributed by atoms with van der Waals surface area (Å²) in [6.45, 7) is 0.342. The monoisotopic (exact) mass is 390 g/mol. The summed E-state index contributed by atoms with van der Waals surface area (Å²) in [5.41, 5.74) is 2.67.